The molecule has 0 saturated heterocycles. The van der Waals surface area contributed by atoms with Crippen molar-refractivity contribution >= 4 is 0 Å². The van der Waals surface area contributed by atoms with Crippen molar-refractivity contribution < 1.29 is 0 Å². The highest BCUT2D eigenvalue weighted by molar-refractivity contribution is 5.32. The van der Waals surface area contributed by atoms with E-state index in [9.17, 15) is 0 Å². The van der Waals surface area contributed by atoms with E-state index in [0.717, 1.165) is 26.1 Å². The van der Waals surface area contributed by atoms with Gasteiger partial charge in [0, 0.05) is 25.2 Å². The SMILES string of the molecule is CC(C)CN(CC(C)C)C1(CN)CCc2ccccc2C1. The fourth-order valence-electron chi connectivity index (χ4n) is 3.70. The summed E-state index contributed by atoms with van der Waals surface area (Å²) in [6.07, 6.45) is 3.47. The van der Waals surface area contributed by atoms with Gasteiger partial charge in [-0.25, -0.2) is 0 Å². The van der Waals surface area contributed by atoms with E-state index in [1.807, 2.05) is 0 Å². The lowest BCUT2D eigenvalue weighted by molar-refractivity contribution is 0.0554. The van der Waals surface area contributed by atoms with Gasteiger partial charge in [-0.15, -0.1) is 0 Å². The molecule has 2 heteroatoms. The van der Waals surface area contributed by atoms with Gasteiger partial charge in [0.15, 0.2) is 0 Å². The Kier molecular flexibility index (Phi) is 5.45. The Hall–Kier alpha value is -0.860. The van der Waals surface area contributed by atoms with Gasteiger partial charge in [-0.2, -0.15) is 0 Å². The highest BCUT2D eigenvalue weighted by atomic mass is 15.2. The Morgan fingerprint density at radius 3 is 2.14 bits per heavy atom. The van der Waals surface area contributed by atoms with Crippen LogP contribution < -0.4 is 5.73 Å². The van der Waals surface area contributed by atoms with Gasteiger partial charge >= 0.3 is 0 Å². The van der Waals surface area contributed by atoms with Crippen LogP contribution in [-0.2, 0) is 12.8 Å². The minimum absolute atomic E-state index is 0.156. The normalized spacial score (nSPS) is 22.1. The fraction of sp³-hybridized carbons (Fsp3) is 0.684. The van der Waals surface area contributed by atoms with Crippen LogP contribution in [0.25, 0.3) is 0 Å². The maximum atomic E-state index is 6.31. The van der Waals surface area contributed by atoms with Gasteiger partial charge in [0.1, 0.15) is 0 Å². The largest absolute Gasteiger partial charge is 0.329 e. The molecule has 0 saturated carbocycles. The predicted molar refractivity (Wildman–Crippen MR) is 91.5 cm³/mol. The smallest absolute Gasteiger partial charge is 0.0375 e. The molecule has 1 aromatic rings. The zero-order valence-electron chi connectivity index (χ0n) is 14.2. The second-order valence-electron chi connectivity index (χ2n) is 7.57. The first-order valence-corrected chi connectivity index (χ1v) is 8.49. The molecule has 2 rings (SSSR count). The Morgan fingerprint density at radius 1 is 1.05 bits per heavy atom. The molecular formula is C19H32N2. The first-order chi connectivity index (χ1) is 9.97. The van der Waals surface area contributed by atoms with Crippen LogP contribution in [0.4, 0.5) is 0 Å². The second-order valence-corrected chi connectivity index (χ2v) is 7.57. The third-order valence-corrected chi connectivity index (χ3v) is 4.72. The molecule has 0 bridgehead atoms. The number of hydrogen-bond acceptors (Lipinski definition) is 2. The van der Waals surface area contributed by atoms with E-state index in [1.165, 1.54) is 24.0 Å². The predicted octanol–water partition coefficient (Wildman–Crippen LogP) is 3.49. The molecule has 0 fully saturated rings. The van der Waals surface area contributed by atoms with Crippen molar-refractivity contribution in [1.82, 2.24) is 4.90 Å². The summed E-state index contributed by atoms with van der Waals surface area (Å²) in [5.41, 5.74) is 9.49. The minimum atomic E-state index is 0.156. The van der Waals surface area contributed by atoms with E-state index >= 15 is 0 Å². The van der Waals surface area contributed by atoms with Crippen LogP contribution in [0.3, 0.4) is 0 Å². The molecule has 0 heterocycles. The summed E-state index contributed by atoms with van der Waals surface area (Å²) >= 11 is 0. The summed E-state index contributed by atoms with van der Waals surface area (Å²) in [6.45, 7) is 12.3. The van der Waals surface area contributed by atoms with Crippen molar-refractivity contribution in [3.05, 3.63) is 35.4 Å². The van der Waals surface area contributed by atoms with Crippen LogP contribution in [0.5, 0.6) is 0 Å². The van der Waals surface area contributed by atoms with Crippen LogP contribution >= 0.6 is 0 Å². The van der Waals surface area contributed by atoms with Crippen LogP contribution in [-0.4, -0.2) is 30.1 Å². The molecule has 118 valence electrons. The van der Waals surface area contributed by atoms with Crippen LogP contribution in [0.15, 0.2) is 24.3 Å². The molecule has 1 unspecified atom stereocenters. The Labute approximate surface area is 130 Å². The minimum Gasteiger partial charge on any atom is -0.329 e. The summed E-state index contributed by atoms with van der Waals surface area (Å²) < 4.78 is 0. The maximum Gasteiger partial charge on any atom is 0.0375 e. The summed E-state index contributed by atoms with van der Waals surface area (Å²) in [5, 5.41) is 0. The molecule has 1 aliphatic carbocycles. The van der Waals surface area contributed by atoms with E-state index in [-0.39, 0.29) is 5.54 Å². The van der Waals surface area contributed by atoms with Crippen LogP contribution in [0.2, 0.25) is 0 Å². The summed E-state index contributed by atoms with van der Waals surface area (Å²) in [6, 6.07) is 8.90. The topological polar surface area (TPSA) is 29.3 Å². The number of benzene rings is 1. The van der Waals surface area contributed by atoms with E-state index < -0.39 is 0 Å². The summed E-state index contributed by atoms with van der Waals surface area (Å²) in [7, 11) is 0. The van der Waals surface area contributed by atoms with E-state index in [1.54, 1.807) is 0 Å². The number of rotatable bonds is 6. The molecule has 2 N–H and O–H groups in total. The molecule has 21 heavy (non-hydrogen) atoms. The number of aryl methyl sites for hydroxylation is 1. The van der Waals surface area contributed by atoms with Crippen molar-refractivity contribution in [3.63, 3.8) is 0 Å². The third-order valence-electron chi connectivity index (χ3n) is 4.72. The zero-order chi connectivity index (χ0) is 15.5. The number of nitrogens with two attached hydrogens (primary N) is 1. The monoisotopic (exact) mass is 288 g/mol. The number of nitrogens with zero attached hydrogens (tertiary/aromatic N) is 1. The highest BCUT2D eigenvalue weighted by Crippen LogP contribution is 2.33. The number of hydrogen-bond donors (Lipinski definition) is 1. The van der Waals surface area contributed by atoms with Crippen LogP contribution in [0.1, 0.15) is 45.2 Å². The number of fused-ring (bicyclic) bond motifs is 1. The van der Waals surface area contributed by atoms with E-state index in [4.69, 9.17) is 5.73 Å². The third kappa shape index (κ3) is 3.87. The van der Waals surface area contributed by atoms with Crippen molar-refractivity contribution in [3.8, 4) is 0 Å². The van der Waals surface area contributed by atoms with Gasteiger partial charge in [-0.3, -0.25) is 4.90 Å². The lowest BCUT2D eigenvalue weighted by Crippen LogP contribution is -2.58. The van der Waals surface area contributed by atoms with Gasteiger partial charge < -0.3 is 5.73 Å². The second kappa shape index (κ2) is 6.93. The van der Waals surface area contributed by atoms with Crippen molar-refractivity contribution in [2.75, 3.05) is 19.6 Å². The molecular weight excluding hydrogens is 256 g/mol. The maximum absolute atomic E-state index is 6.31. The van der Waals surface area contributed by atoms with Crippen LogP contribution in [0, 0.1) is 11.8 Å². The van der Waals surface area contributed by atoms with E-state index in [0.29, 0.717) is 11.8 Å². The molecule has 0 spiro atoms. The van der Waals surface area contributed by atoms with E-state index in [2.05, 4.69) is 56.9 Å². The van der Waals surface area contributed by atoms with Crippen molar-refractivity contribution in [2.24, 2.45) is 17.6 Å². The first-order valence-electron chi connectivity index (χ1n) is 8.49. The van der Waals surface area contributed by atoms with Crippen molar-refractivity contribution in [2.45, 2.75) is 52.5 Å². The molecule has 0 amide bonds. The molecule has 0 aromatic heterocycles. The Bertz CT molecular complexity index is 443. The Balaban J connectivity index is 2.26. The fourth-order valence-corrected chi connectivity index (χ4v) is 3.70. The van der Waals surface area contributed by atoms with Crippen molar-refractivity contribution in [1.29, 1.82) is 0 Å². The molecule has 0 radical (unpaired) electrons. The van der Waals surface area contributed by atoms with Gasteiger partial charge in [0.05, 0.1) is 0 Å². The highest BCUT2D eigenvalue weighted by Gasteiger charge is 2.38. The van der Waals surface area contributed by atoms with Gasteiger partial charge in [0.25, 0.3) is 0 Å². The Morgan fingerprint density at radius 2 is 1.62 bits per heavy atom. The van der Waals surface area contributed by atoms with Gasteiger partial charge in [-0.1, -0.05) is 52.0 Å². The lowest BCUT2D eigenvalue weighted by Gasteiger charge is -2.48. The molecule has 1 aromatic carbocycles. The quantitative estimate of drug-likeness (QED) is 0.868. The van der Waals surface area contributed by atoms with Gasteiger partial charge in [0.2, 0.25) is 0 Å². The molecule has 0 aliphatic heterocycles. The standard InChI is InChI=1S/C19H32N2/c1-15(2)12-21(13-16(3)4)19(14-20)10-9-17-7-5-6-8-18(17)11-19/h5-8,15-16H,9-14,20H2,1-4H3. The molecule has 2 nitrogen and oxygen atoms in total. The molecule has 1 aliphatic rings. The first kappa shape index (κ1) is 16.5. The average molecular weight is 288 g/mol. The molecule has 1 atom stereocenters. The summed E-state index contributed by atoms with van der Waals surface area (Å²) in [4.78, 5) is 2.69. The zero-order valence-corrected chi connectivity index (χ0v) is 14.2. The average Bonchev–Trinajstić information content (AvgIpc) is 2.45. The lowest BCUT2D eigenvalue weighted by atomic mass is 9.76. The summed E-state index contributed by atoms with van der Waals surface area (Å²) in [5.74, 6) is 1.37. The van der Waals surface area contributed by atoms with Gasteiger partial charge in [-0.05, 0) is 42.2 Å².